The number of benzene rings is 2. The predicted octanol–water partition coefficient (Wildman–Crippen LogP) is 7.25. The van der Waals surface area contributed by atoms with Crippen LogP contribution in [0.1, 0.15) is 54.6 Å². The number of hydrogen-bond donors (Lipinski definition) is 3. The first-order chi connectivity index (χ1) is 20.2. The van der Waals surface area contributed by atoms with E-state index in [4.69, 9.17) is 41.1 Å². The molecular formula is C32H41Cl2N3O6. The Balaban J connectivity index is 0.00000121. The second kappa shape index (κ2) is 18.3. The van der Waals surface area contributed by atoms with Crippen LogP contribution in [0.2, 0.25) is 5.02 Å². The number of carbonyl (C=O) groups is 2. The van der Waals surface area contributed by atoms with Crippen molar-refractivity contribution in [1.29, 1.82) is 0 Å². The number of aromatic nitrogens is 1. The number of carbonyl (C=O) groups excluding carboxylic acids is 1. The molecule has 1 heterocycles. The molecule has 1 amide bonds. The van der Waals surface area contributed by atoms with Crippen molar-refractivity contribution in [2.24, 2.45) is 0 Å². The van der Waals surface area contributed by atoms with Gasteiger partial charge in [0.15, 0.2) is 0 Å². The van der Waals surface area contributed by atoms with E-state index >= 15 is 0 Å². The van der Waals surface area contributed by atoms with Gasteiger partial charge in [-0.05, 0) is 68.8 Å². The maximum Gasteiger partial charge on any atom is 0.503 e. The maximum atomic E-state index is 13.2. The van der Waals surface area contributed by atoms with E-state index in [1.54, 1.807) is 7.11 Å². The number of rotatable bonds is 11. The minimum absolute atomic E-state index is 0. The number of nitrogens with zero attached hydrogens (tertiary/aromatic N) is 2. The Morgan fingerprint density at radius 3 is 2.40 bits per heavy atom. The molecule has 1 saturated carbocycles. The van der Waals surface area contributed by atoms with E-state index in [0.29, 0.717) is 35.4 Å². The van der Waals surface area contributed by atoms with E-state index in [1.807, 2.05) is 62.6 Å². The Morgan fingerprint density at radius 2 is 1.72 bits per heavy atom. The molecule has 11 heteroatoms. The minimum atomic E-state index is -1.83. The number of carboxylic acid groups (broad SMARTS) is 2. The quantitative estimate of drug-likeness (QED) is 0.189. The summed E-state index contributed by atoms with van der Waals surface area (Å²) in [7, 11) is 5.77. The highest BCUT2D eigenvalue weighted by molar-refractivity contribution is 6.32. The average molecular weight is 635 g/mol. The van der Waals surface area contributed by atoms with Crippen LogP contribution in [0.15, 0.2) is 54.6 Å². The van der Waals surface area contributed by atoms with Crippen molar-refractivity contribution in [3.05, 3.63) is 70.9 Å². The summed E-state index contributed by atoms with van der Waals surface area (Å²) < 4.78 is 11.5. The molecule has 1 fully saturated rings. The zero-order valence-electron chi connectivity index (χ0n) is 24.8. The van der Waals surface area contributed by atoms with Gasteiger partial charge in [0.2, 0.25) is 0 Å². The van der Waals surface area contributed by atoms with Gasteiger partial charge in [-0.15, -0.1) is 12.4 Å². The molecule has 0 unspecified atom stereocenters. The molecule has 43 heavy (non-hydrogen) atoms. The van der Waals surface area contributed by atoms with Crippen molar-refractivity contribution in [2.45, 2.75) is 51.2 Å². The van der Waals surface area contributed by atoms with Crippen LogP contribution in [0, 0.1) is 0 Å². The van der Waals surface area contributed by atoms with E-state index in [-0.39, 0.29) is 24.4 Å². The summed E-state index contributed by atoms with van der Waals surface area (Å²) in [6, 6.07) is 17.8. The second-order valence-electron chi connectivity index (χ2n) is 10.4. The summed E-state index contributed by atoms with van der Waals surface area (Å²) in [4.78, 5) is 28.8. The minimum Gasteiger partial charge on any atom is -0.492 e. The third-order valence-corrected chi connectivity index (χ3v) is 7.20. The van der Waals surface area contributed by atoms with Crippen LogP contribution in [0.4, 0.5) is 4.79 Å². The van der Waals surface area contributed by atoms with Crippen molar-refractivity contribution >= 4 is 36.1 Å². The van der Waals surface area contributed by atoms with Crippen LogP contribution in [-0.2, 0) is 11.3 Å². The summed E-state index contributed by atoms with van der Waals surface area (Å²) in [5, 5.41) is 17.7. The fourth-order valence-electron chi connectivity index (χ4n) is 4.92. The number of ether oxygens (including phenoxy) is 2. The highest BCUT2D eigenvalue weighted by Gasteiger charge is 2.21. The zero-order valence-corrected chi connectivity index (χ0v) is 26.4. The zero-order chi connectivity index (χ0) is 30.5. The van der Waals surface area contributed by atoms with Gasteiger partial charge in [-0.2, -0.15) is 0 Å². The van der Waals surface area contributed by atoms with E-state index in [2.05, 4.69) is 16.3 Å². The number of hydrogen-bond acceptors (Lipinski definition) is 6. The van der Waals surface area contributed by atoms with Crippen molar-refractivity contribution in [3.63, 3.8) is 0 Å². The Kier molecular flexibility index (Phi) is 15.3. The Morgan fingerprint density at radius 1 is 1.02 bits per heavy atom. The van der Waals surface area contributed by atoms with Crippen LogP contribution in [0.25, 0.3) is 22.4 Å². The summed E-state index contributed by atoms with van der Waals surface area (Å²) in [6.07, 6.45) is 4.64. The molecule has 0 spiro atoms. The smallest absolute Gasteiger partial charge is 0.492 e. The van der Waals surface area contributed by atoms with Crippen LogP contribution < -0.4 is 10.1 Å². The van der Waals surface area contributed by atoms with Crippen LogP contribution in [-0.4, -0.2) is 72.6 Å². The first-order valence-corrected chi connectivity index (χ1v) is 14.5. The molecule has 0 radical (unpaired) electrons. The number of pyridine rings is 1. The van der Waals surface area contributed by atoms with Crippen molar-refractivity contribution in [3.8, 4) is 28.1 Å². The number of methoxy groups -OCH3 is 1. The summed E-state index contributed by atoms with van der Waals surface area (Å²) in [5.74, 6) is 0.474. The van der Waals surface area contributed by atoms with Gasteiger partial charge in [-0.25, -0.2) is 9.78 Å². The normalized spacial score (nSPS) is 13.0. The lowest BCUT2D eigenvalue weighted by molar-refractivity contribution is 0.0922. The third kappa shape index (κ3) is 11.3. The molecular weight excluding hydrogens is 593 g/mol. The van der Waals surface area contributed by atoms with Crippen LogP contribution >= 0.6 is 24.0 Å². The second-order valence-corrected chi connectivity index (χ2v) is 10.8. The molecule has 1 aliphatic rings. The Bertz CT molecular complexity index is 1330. The molecule has 0 atom stereocenters. The fourth-order valence-corrected chi connectivity index (χ4v) is 5.09. The SMILES string of the molecule is COCc1ccccc1-c1ccc(C(=O)NC2CCCCC2)nc1-c1ccc(Cl)c(OCCCN(C)C)c1.Cl.O=C(O)O. The molecule has 3 N–H and O–H groups in total. The van der Waals surface area contributed by atoms with Gasteiger partial charge in [-0.1, -0.05) is 61.2 Å². The van der Waals surface area contributed by atoms with Crippen LogP contribution in [0.3, 0.4) is 0 Å². The molecule has 2 aromatic carbocycles. The maximum absolute atomic E-state index is 13.2. The molecule has 0 saturated heterocycles. The number of nitrogens with one attached hydrogen (secondary N) is 1. The topological polar surface area (TPSA) is 121 Å². The molecule has 0 bridgehead atoms. The van der Waals surface area contributed by atoms with Gasteiger partial charge < -0.3 is 29.9 Å². The van der Waals surface area contributed by atoms with Crippen molar-refractivity contribution in [2.75, 3.05) is 34.4 Å². The number of amides is 1. The standard InChI is InChI=1S/C31H38ClN3O3.CH2O3.ClH/c1-35(2)18-9-19-38-29-20-22(14-16-27(29)32)30-26(25-13-8-7-10-23(25)21-37-3)15-17-28(34-30)31(36)33-24-11-5-4-6-12-24;2-1(3)4;/h7-8,10,13-17,20,24H,4-6,9,11-12,18-19,21H2,1-3H3,(H,33,36);(H2,2,3,4);1H. The van der Waals surface area contributed by atoms with Gasteiger partial charge in [0.05, 0.1) is 23.9 Å². The largest absolute Gasteiger partial charge is 0.503 e. The summed E-state index contributed by atoms with van der Waals surface area (Å²) in [5.41, 5.74) is 4.94. The molecule has 9 nitrogen and oxygen atoms in total. The molecule has 4 rings (SSSR count). The van der Waals surface area contributed by atoms with Gasteiger partial charge in [0.1, 0.15) is 11.4 Å². The number of halogens is 2. The summed E-state index contributed by atoms with van der Waals surface area (Å²) >= 11 is 6.50. The summed E-state index contributed by atoms with van der Waals surface area (Å²) in [6.45, 7) is 1.96. The van der Waals surface area contributed by atoms with E-state index in [0.717, 1.165) is 60.9 Å². The van der Waals surface area contributed by atoms with Gasteiger partial charge in [0.25, 0.3) is 5.91 Å². The van der Waals surface area contributed by atoms with E-state index in [9.17, 15) is 4.79 Å². The molecule has 1 aromatic heterocycles. The van der Waals surface area contributed by atoms with Gasteiger partial charge >= 0.3 is 6.16 Å². The lowest BCUT2D eigenvalue weighted by Gasteiger charge is -2.23. The average Bonchev–Trinajstić information content (AvgIpc) is 2.96. The van der Waals surface area contributed by atoms with Gasteiger partial charge in [0, 0.05) is 30.8 Å². The predicted molar refractivity (Wildman–Crippen MR) is 172 cm³/mol. The monoisotopic (exact) mass is 633 g/mol. The Labute approximate surface area is 264 Å². The molecule has 234 valence electrons. The lowest BCUT2D eigenvalue weighted by atomic mass is 9.94. The van der Waals surface area contributed by atoms with Crippen molar-refractivity contribution < 1.29 is 29.3 Å². The van der Waals surface area contributed by atoms with Crippen molar-refractivity contribution in [1.82, 2.24) is 15.2 Å². The fraction of sp³-hybridized carbons (Fsp3) is 0.406. The Hall–Kier alpha value is -3.37. The first-order valence-electron chi connectivity index (χ1n) is 14.1. The third-order valence-electron chi connectivity index (χ3n) is 6.89. The van der Waals surface area contributed by atoms with Gasteiger partial charge in [-0.3, -0.25) is 4.79 Å². The molecule has 3 aromatic rings. The van der Waals surface area contributed by atoms with E-state index < -0.39 is 6.16 Å². The molecule has 0 aliphatic heterocycles. The van der Waals surface area contributed by atoms with E-state index in [1.165, 1.54) is 6.42 Å². The lowest BCUT2D eigenvalue weighted by Crippen LogP contribution is -2.36. The first kappa shape index (κ1) is 35.8. The highest BCUT2D eigenvalue weighted by Crippen LogP contribution is 2.37. The molecule has 1 aliphatic carbocycles. The highest BCUT2D eigenvalue weighted by atomic mass is 35.5. The van der Waals surface area contributed by atoms with Crippen LogP contribution in [0.5, 0.6) is 5.75 Å².